The standard InChI is InChI=1S/C15H23N3O5/c1-15(2,3)23-14(21)18(7-8-22-4)10-12-6-5-11(9-16-12)17-13(19)20/h5-6,9,17H,7-8,10H2,1-4H3,(H,19,20). The van der Waals surface area contributed by atoms with Gasteiger partial charge in [0.1, 0.15) is 5.60 Å². The number of hydrogen-bond acceptors (Lipinski definition) is 5. The number of carboxylic acid groups (broad SMARTS) is 1. The molecule has 1 rings (SSSR count). The fraction of sp³-hybridized carbons (Fsp3) is 0.533. The van der Waals surface area contributed by atoms with E-state index < -0.39 is 17.8 Å². The number of aromatic nitrogens is 1. The Kier molecular flexibility index (Phi) is 6.77. The summed E-state index contributed by atoms with van der Waals surface area (Å²) in [7, 11) is 1.55. The number of rotatable bonds is 6. The lowest BCUT2D eigenvalue weighted by atomic mass is 10.2. The molecule has 1 heterocycles. The lowest BCUT2D eigenvalue weighted by Crippen LogP contribution is -2.38. The number of amides is 2. The Labute approximate surface area is 135 Å². The maximum Gasteiger partial charge on any atom is 0.410 e. The minimum Gasteiger partial charge on any atom is -0.465 e. The van der Waals surface area contributed by atoms with Gasteiger partial charge in [0.15, 0.2) is 0 Å². The SMILES string of the molecule is COCCN(Cc1ccc(NC(=O)O)cn1)C(=O)OC(C)(C)C. The van der Waals surface area contributed by atoms with Crippen LogP contribution in [0.4, 0.5) is 15.3 Å². The molecule has 0 radical (unpaired) electrons. The number of nitrogens with one attached hydrogen (secondary N) is 1. The number of carbonyl (C=O) groups excluding carboxylic acids is 1. The van der Waals surface area contributed by atoms with Gasteiger partial charge in [0.05, 0.1) is 30.7 Å². The second kappa shape index (κ2) is 8.33. The molecule has 0 aliphatic heterocycles. The number of hydrogen-bond donors (Lipinski definition) is 2. The van der Waals surface area contributed by atoms with Crippen molar-refractivity contribution >= 4 is 17.9 Å². The van der Waals surface area contributed by atoms with E-state index in [4.69, 9.17) is 14.6 Å². The van der Waals surface area contributed by atoms with E-state index in [2.05, 4.69) is 10.3 Å². The van der Waals surface area contributed by atoms with Crippen molar-refractivity contribution in [3.63, 3.8) is 0 Å². The molecule has 23 heavy (non-hydrogen) atoms. The van der Waals surface area contributed by atoms with Crippen molar-refractivity contribution < 1.29 is 24.2 Å². The molecular weight excluding hydrogens is 302 g/mol. The fourth-order valence-corrected chi connectivity index (χ4v) is 1.67. The Balaban J connectivity index is 2.76. The molecule has 0 saturated carbocycles. The lowest BCUT2D eigenvalue weighted by molar-refractivity contribution is 0.0181. The van der Waals surface area contributed by atoms with Crippen molar-refractivity contribution in [3.8, 4) is 0 Å². The fourth-order valence-electron chi connectivity index (χ4n) is 1.67. The minimum absolute atomic E-state index is 0.242. The summed E-state index contributed by atoms with van der Waals surface area (Å²) in [4.78, 5) is 28.4. The zero-order chi connectivity index (χ0) is 17.5. The Morgan fingerprint density at radius 3 is 2.52 bits per heavy atom. The van der Waals surface area contributed by atoms with Crippen molar-refractivity contribution in [1.82, 2.24) is 9.88 Å². The molecular formula is C15H23N3O5. The van der Waals surface area contributed by atoms with Gasteiger partial charge in [-0.05, 0) is 32.9 Å². The van der Waals surface area contributed by atoms with E-state index >= 15 is 0 Å². The van der Waals surface area contributed by atoms with Crippen LogP contribution in [0.25, 0.3) is 0 Å². The summed E-state index contributed by atoms with van der Waals surface area (Å²) in [5.41, 5.74) is 0.385. The van der Waals surface area contributed by atoms with Gasteiger partial charge < -0.3 is 14.6 Å². The topological polar surface area (TPSA) is 101 Å². The number of anilines is 1. The van der Waals surface area contributed by atoms with Crippen molar-refractivity contribution in [2.75, 3.05) is 25.6 Å². The molecule has 0 atom stereocenters. The van der Waals surface area contributed by atoms with Crippen LogP contribution in [0.2, 0.25) is 0 Å². The monoisotopic (exact) mass is 325 g/mol. The molecule has 2 N–H and O–H groups in total. The highest BCUT2D eigenvalue weighted by molar-refractivity contribution is 5.82. The van der Waals surface area contributed by atoms with Crippen molar-refractivity contribution in [2.24, 2.45) is 0 Å². The molecule has 2 amide bonds. The van der Waals surface area contributed by atoms with E-state index in [-0.39, 0.29) is 6.54 Å². The predicted octanol–water partition coefficient (Wildman–Crippen LogP) is 2.56. The van der Waals surface area contributed by atoms with Crippen LogP contribution in [0.1, 0.15) is 26.5 Å². The molecule has 0 bridgehead atoms. The predicted molar refractivity (Wildman–Crippen MR) is 84.4 cm³/mol. The van der Waals surface area contributed by atoms with Gasteiger partial charge in [-0.3, -0.25) is 15.2 Å². The minimum atomic E-state index is -1.16. The lowest BCUT2D eigenvalue weighted by Gasteiger charge is -2.27. The van der Waals surface area contributed by atoms with Gasteiger partial charge in [-0.1, -0.05) is 0 Å². The molecule has 1 aromatic heterocycles. The molecule has 128 valence electrons. The highest BCUT2D eigenvalue weighted by Gasteiger charge is 2.22. The summed E-state index contributed by atoms with van der Waals surface area (Å²) in [5.74, 6) is 0. The van der Waals surface area contributed by atoms with E-state index in [1.165, 1.54) is 11.1 Å². The third-order valence-corrected chi connectivity index (χ3v) is 2.65. The van der Waals surface area contributed by atoms with Gasteiger partial charge in [0, 0.05) is 13.7 Å². The van der Waals surface area contributed by atoms with Crippen molar-refractivity contribution in [2.45, 2.75) is 32.9 Å². The summed E-state index contributed by atoms with van der Waals surface area (Å²) in [6, 6.07) is 3.23. The molecule has 0 fully saturated rings. The van der Waals surface area contributed by atoms with Crippen LogP contribution in [-0.4, -0.2) is 53.0 Å². The Morgan fingerprint density at radius 1 is 1.35 bits per heavy atom. The molecule has 0 spiro atoms. The average molecular weight is 325 g/mol. The van der Waals surface area contributed by atoms with E-state index in [1.807, 2.05) is 0 Å². The quantitative estimate of drug-likeness (QED) is 0.833. The first-order valence-corrected chi connectivity index (χ1v) is 7.13. The van der Waals surface area contributed by atoms with E-state index in [0.717, 1.165) is 0 Å². The highest BCUT2D eigenvalue weighted by atomic mass is 16.6. The number of nitrogens with zero attached hydrogens (tertiary/aromatic N) is 2. The van der Waals surface area contributed by atoms with Gasteiger partial charge >= 0.3 is 12.2 Å². The number of pyridine rings is 1. The summed E-state index contributed by atoms with van der Waals surface area (Å²) in [5, 5.41) is 10.8. The zero-order valence-electron chi connectivity index (χ0n) is 13.8. The third kappa shape index (κ3) is 7.46. The van der Waals surface area contributed by atoms with Crippen LogP contribution in [0, 0.1) is 0 Å². The molecule has 1 aromatic rings. The Bertz CT molecular complexity index is 525. The first-order chi connectivity index (χ1) is 10.7. The van der Waals surface area contributed by atoms with Crippen LogP contribution in [0.3, 0.4) is 0 Å². The molecule has 0 unspecified atom stereocenters. The Hall–Kier alpha value is -2.35. The van der Waals surface area contributed by atoms with Crippen LogP contribution in [-0.2, 0) is 16.0 Å². The molecule has 8 heteroatoms. The van der Waals surface area contributed by atoms with Crippen LogP contribution in [0.5, 0.6) is 0 Å². The highest BCUT2D eigenvalue weighted by Crippen LogP contribution is 2.13. The number of ether oxygens (including phenoxy) is 2. The maximum absolute atomic E-state index is 12.2. The second-order valence-corrected chi connectivity index (χ2v) is 5.86. The van der Waals surface area contributed by atoms with Gasteiger partial charge in [-0.15, -0.1) is 0 Å². The normalized spacial score (nSPS) is 11.0. The molecule has 0 aromatic carbocycles. The molecule has 8 nitrogen and oxygen atoms in total. The summed E-state index contributed by atoms with van der Waals surface area (Å²) in [6.07, 6.45) is -0.216. The maximum atomic E-state index is 12.2. The van der Waals surface area contributed by atoms with Gasteiger partial charge in [-0.2, -0.15) is 0 Å². The van der Waals surface area contributed by atoms with Crippen molar-refractivity contribution in [3.05, 3.63) is 24.0 Å². The zero-order valence-corrected chi connectivity index (χ0v) is 13.8. The summed E-state index contributed by atoms with van der Waals surface area (Å²) < 4.78 is 10.4. The van der Waals surface area contributed by atoms with Gasteiger partial charge in [0.25, 0.3) is 0 Å². The summed E-state index contributed by atoms with van der Waals surface area (Å²) in [6.45, 7) is 6.36. The third-order valence-electron chi connectivity index (χ3n) is 2.65. The van der Waals surface area contributed by atoms with E-state index in [0.29, 0.717) is 24.5 Å². The molecule has 0 aliphatic carbocycles. The Morgan fingerprint density at radius 2 is 2.04 bits per heavy atom. The number of methoxy groups -OCH3 is 1. The smallest absolute Gasteiger partial charge is 0.410 e. The molecule has 0 aliphatic rings. The van der Waals surface area contributed by atoms with Gasteiger partial charge in [-0.25, -0.2) is 9.59 Å². The van der Waals surface area contributed by atoms with Crippen molar-refractivity contribution in [1.29, 1.82) is 0 Å². The second-order valence-electron chi connectivity index (χ2n) is 5.86. The largest absolute Gasteiger partial charge is 0.465 e. The first-order valence-electron chi connectivity index (χ1n) is 7.13. The average Bonchev–Trinajstić information content (AvgIpc) is 2.42. The van der Waals surface area contributed by atoms with E-state index in [1.54, 1.807) is 40.0 Å². The van der Waals surface area contributed by atoms with Crippen LogP contribution in [0.15, 0.2) is 18.3 Å². The van der Waals surface area contributed by atoms with Gasteiger partial charge in [0.2, 0.25) is 0 Å². The first kappa shape index (κ1) is 18.7. The molecule has 0 saturated heterocycles. The summed E-state index contributed by atoms with van der Waals surface area (Å²) >= 11 is 0. The number of carbonyl (C=O) groups is 2. The van der Waals surface area contributed by atoms with Crippen LogP contribution >= 0.6 is 0 Å². The van der Waals surface area contributed by atoms with Crippen LogP contribution < -0.4 is 5.32 Å². The van der Waals surface area contributed by atoms with E-state index in [9.17, 15) is 9.59 Å².